The summed E-state index contributed by atoms with van der Waals surface area (Å²) in [4.78, 5) is 0. The fourth-order valence-corrected chi connectivity index (χ4v) is 2.28. The van der Waals surface area contributed by atoms with Gasteiger partial charge in [0, 0.05) is 0 Å². The van der Waals surface area contributed by atoms with E-state index in [1.165, 1.54) is 0 Å². The molecule has 0 aliphatic heterocycles. The fourth-order valence-electron chi connectivity index (χ4n) is 0.761. The number of hydrogen-bond acceptors (Lipinski definition) is 1. The SMILES string of the molecule is C=CC(C)(C)O[Si](C)(C)C=C. The van der Waals surface area contributed by atoms with Crippen molar-refractivity contribution in [3.8, 4) is 0 Å². The Balaban J connectivity index is 4.23. The maximum absolute atomic E-state index is 5.83. The smallest absolute Gasteiger partial charge is 0.211 e. The third kappa shape index (κ3) is 4.17. The van der Waals surface area contributed by atoms with E-state index in [9.17, 15) is 0 Å². The predicted octanol–water partition coefficient (Wildman–Crippen LogP) is 2.90. The molecule has 11 heavy (non-hydrogen) atoms. The summed E-state index contributed by atoms with van der Waals surface area (Å²) in [6.45, 7) is 15.7. The van der Waals surface area contributed by atoms with Gasteiger partial charge in [0.1, 0.15) is 0 Å². The van der Waals surface area contributed by atoms with E-state index in [1.54, 1.807) is 0 Å². The van der Waals surface area contributed by atoms with Gasteiger partial charge in [-0.2, -0.15) is 0 Å². The zero-order chi connectivity index (χ0) is 9.12. The van der Waals surface area contributed by atoms with Gasteiger partial charge in [-0.3, -0.25) is 0 Å². The van der Waals surface area contributed by atoms with E-state index in [-0.39, 0.29) is 5.60 Å². The van der Waals surface area contributed by atoms with Crippen molar-refractivity contribution < 1.29 is 4.43 Å². The van der Waals surface area contributed by atoms with Crippen molar-refractivity contribution in [1.29, 1.82) is 0 Å². The molecule has 0 saturated heterocycles. The van der Waals surface area contributed by atoms with Gasteiger partial charge in [-0.05, 0) is 26.9 Å². The van der Waals surface area contributed by atoms with Crippen molar-refractivity contribution in [3.63, 3.8) is 0 Å². The van der Waals surface area contributed by atoms with Crippen molar-refractivity contribution in [2.24, 2.45) is 0 Å². The standard InChI is InChI=1S/C9H18OSi/c1-7-9(3,4)10-11(5,6)8-2/h7-8H,1-2H2,3-6H3. The topological polar surface area (TPSA) is 9.23 Å². The molecule has 64 valence electrons. The van der Waals surface area contributed by atoms with Crippen LogP contribution < -0.4 is 0 Å². The first kappa shape index (κ1) is 10.7. The summed E-state index contributed by atoms with van der Waals surface area (Å²) in [6, 6.07) is 0. The summed E-state index contributed by atoms with van der Waals surface area (Å²) < 4.78 is 5.83. The highest BCUT2D eigenvalue weighted by molar-refractivity contribution is 6.76. The Morgan fingerprint density at radius 1 is 1.27 bits per heavy atom. The van der Waals surface area contributed by atoms with E-state index < -0.39 is 8.32 Å². The largest absolute Gasteiger partial charge is 0.405 e. The molecule has 0 spiro atoms. The van der Waals surface area contributed by atoms with Crippen molar-refractivity contribution in [2.45, 2.75) is 32.5 Å². The molecule has 0 unspecified atom stereocenters. The van der Waals surface area contributed by atoms with Crippen LogP contribution in [-0.2, 0) is 4.43 Å². The van der Waals surface area contributed by atoms with Gasteiger partial charge in [0.15, 0.2) is 0 Å². The molecular weight excluding hydrogens is 152 g/mol. The molecular formula is C9H18OSi. The fraction of sp³-hybridized carbons (Fsp3) is 0.556. The molecule has 0 aliphatic carbocycles. The highest BCUT2D eigenvalue weighted by Crippen LogP contribution is 2.18. The maximum atomic E-state index is 5.83. The molecule has 2 heteroatoms. The van der Waals surface area contributed by atoms with E-state index in [1.807, 2.05) is 25.6 Å². The molecule has 0 heterocycles. The molecule has 0 fully saturated rings. The lowest BCUT2D eigenvalue weighted by Crippen LogP contribution is -2.38. The van der Waals surface area contributed by atoms with E-state index in [2.05, 4.69) is 26.3 Å². The maximum Gasteiger partial charge on any atom is 0.211 e. The van der Waals surface area contributed by atoms with Crippen molar-refractivity contribution in [2.75, 3.05) is 0 Å². The molecule has 0 rings (SSSR count). The van der Waals surface area contributed by atoms with E-state index in [0.29, 0.717) is 0 Å². The first-order valence-electron chi connectivity index (χ1n) is 3.80. The quantitative estimate of drug-likeness (QED) is 0.465. The zero-order valence-electron chi connectivity index (χ0n) is 7.98. The minimum Gasteiger partial charge on any atom is -0.405 e. The monoisotopic (exact) mass is 170 g/mol. The van der Waals surface area contributed by atoms with Gasteiger partial charge in [-0.15, -0.1) is 13.2 Å². The average molecular weight is 170 g/mol. The van der Waals surface area contributed by atoms with Crippen LogP contribution in [0, 0.1) is 0 Å². The van der Waals surface area contributed by atoms with Crippen LogP contribution in [-0.4, -0.2) is 13.9 Å². The molecule has 0 N–H and O–H groups in total. The Labute approximate surface area is 70.9 Å². The number of rotatable bonds is 4. The van der Waals surface area contributed by atoms with Gasteiger partial charge in [0.25, 0.3) is 0 Å². The summed E-state index contributed by atoms with van der Waals surface area (Å²) in [5.74, 6) is 0. The molecule has 0 aromatic rings. The lowest BCUT2D eigenvalue weighted by molar-refractivity contribution is 0.156. The van der Waals surface area contributed by atoms with Gasteiger partial charge in [-0.1, -0.05) is 11.8 Å². The van der Waals surface area contributed by atoms with Crippen LogP contribution >= 0.6 is 0 Å². The third-order valence-corrected chi connectivity index (χ3v) is 3.54. The van der Waals surface area contributed by atoms with E-state index >= 15 is 0 Å². The molecule has 0 saturated carbocycles. The van der Waals surface area contributed by atoms with Crippen LogP contribution in [0.15, 0.2) is 24.9 Å². The molecule has 0 amide bonds. The summed E-state index contributed by atoms with van der Waals surface area (Å²) in [5, 5.41) is 0. The summed E-state index contributed by atoms with van der Waals surface area (Å²) in [6.07, 6.45) is 1.82. The van der Waals surface area contributed by atoms with Crippen LogP contribution in [0.3, 0.4) is 0 Å². The predicted molar refractivity (Wildman–Crippen MR) is 53.0 cm³/mol. The Morgan fingerprint density at radius 3 is 2.00 bits per heavy atom. The highest BCUT2D eigenvalue weighted by atomic mass is 28.4. The second-order valence-corrected chi connectivity index (χ2v) is 7.54. The third-order valence-electron chi connectivity index (χ3n) is 1.51. The number of hydrogen-bond donors (Lipinski definition) is 0. The normalized spacial score (nSPS) is 12.7. The summed E-state index contributed by atoms with van der Waals surface area (Å²) >= 11 is 0. The van der Waals surface area contributed by atoms with Crippen LogP contribution in [0.1, 0.15) is 13.8 Å². The van der Waals surface area contributed by atoms with Gasteiger partial charge in [-0.25, -0.2) is 0 Å². The minimum absolute atomic E-state index is 0.218. The van der Waals surface area contributed by atoms with Crippen molar-refractivity contribution >= 4 is 8.32 Å². The molecule has 1 nitrogen and oxygen atoms in total. The molecule has 0 aromatic carbocycles. The Morgan fingerprint density at radius 2 is 1.73 bits per heavy atom. The van der Waals surface area contributed by atoms with Crippen LogP contribution in [0.2, 0.25) is 13.1 Å². The van der Waals surface area contributed by atoms with Gasteiger partial charge in [0.05, 0.1) is 5.60 Å². The first-order chi connectivity index (χ1) is 4.83. The van der Waals surface area contributed by atoms with Crippen LogP contribution in [0.25, 0.3) is 0 Å². The van der Waals surface area contributed by atoms with Gasteiger partial charge in [0.2, 0.25) is 8.32 Å². The Hall–Kier alpha value is -0.343. The highest BCUT2D eigenvalue weighted by Gasteiger charge is 2.25. The lowest BCUT2D eigenvalue weighted by Gasteiger charge is -2.30. The summed E-state index contributed by atoms with van der Waals surface area (Å²) in [7, 11) is -1.64. The van der Waals surface area contributed by atoms with E-state index in [4.69, 9.17) is 4.43 Å². The van der Waals surface area contributed by atoms with Crippen LogP contribution in [0.4, 0.5) is 0 Å². The van der Waals surface area contributed by atoms with Gasteiger partial charge >= 0.3 is 0 Å². The molecule has 0 aromatic heterocycles. The second-order valence-electron chi connectivity index (χ2n) is 3.72. The average Bonchev–Trinajstić information content (AvgIpc) is 1.86. The minimum atomic E-state index is -1.64. The Kier molecular flexibility index (Phi) is 3.26. The van der Waals surface area contributed by atoms with Gasteiger partial charge < -0.3 is 4.43 Å². The first-order valence-corrected chi connectivity index (χ1v) is 6.79. The molecule has 0 bridgehead atoms. The summed E-state index contributed by atoms with van der Waals surface area (Å²) in [5.41, 5.74) is 1.71. The van der Waals surface area contributed by atoms with E-state index in [0.717, 1.165) is 0 Å². The molecule has 0 radical (unpaired) electrons. The molecule has 0 aliphatic rings. The molecule has 0 atom stereocenters. The van der Waals surface area contributed by atoms with Crippen molar-refractivity contribution in [3.05, 3.63) is 24.9 Å². The lowest BCUT2D eigenvalue weighted by atomic mass is 10.1. The second kappa shape index (κ2) is 3.37. The van der Waals surface area contributed by atoms with Crippen molar-refractivity contribution in [1.82, 2.24) is 0 Å². The Bertz CT molecular complexity index is 141. The van der Waals surface area contributed by atoms with Crippen LogP contribution in [0.5, 0.6) is 0 Å². The zero-order valence-corrected chi connectivity index (χ0v) is 8.98.